The second-order valence-electron chi connectivity index (χ2n) is 9.15. The predicted octanol–water partition coefficient (Wildman–Crippen LogP) is 4.84. The number of nitrogens with zero attached hydrogens (tertiary/aromatic N) is 3. The molecule has 0 radical (unpaired) electrons. The Morgan fingerprint density at radius 2 is 1.71 bits per heavy atom. The molecule has 1 saturated carbocycles. The van der Waals surface area contributed by atoms with E-state index in [2.05, 4.69) is 43.1 Å². The summed E-state index contributed by atoms with van der Waals surface area (Å²) in [5, 5.41) is 13.3. The van der Waals surface area contributed by atoms with Gasteiger partial charge in [0.05, 0.1) is 7.11 Å². The van der Waals surface area contributed by atoms with Crippen molar-refractivity contribution in [1.29, 1.82) is 0 Å². The molecule has 0 spiro atoms. The van der Waals surface area contributed by atoms with Gasteiger partial charge in [0.2, 0.25) is 17.8 Å². The van der Waals surface area contributed by atoms with E-state index in [0.29, 0.717) is 23.9 Å². The zero-order valence-corrected chi connectivity index (χ0v) is 20.0. The fourth-order valence-corrected chi connectivity index (χ4v) is 4.87. The fraction of sp³-hybridized carbons (Fsp3) is 0.625. The highest BCUT2D eigenvalue weighted by molar-refractivity contribution is 5.57. The van der Waals surface area contributed by atoms with Gasteiger partial charge in [-0.1, -0.05) is 26.2 Å². The van der Waals surface area contributed by atoms with E-state index in [-0.39, 0.29) is 17.7 Å². The maximum absolute atomic E-state index is 14.2. The van der Waals surface area contributed by atoms with E-state index in [1.165, 1.54) is 39.2 Å². The van der Waals surface area contributed by atoms with Crippen LogP contribution < -0.4 is 26.0 Å². The second kappa shape index (κ2) is 11.6. The smallest absolute Gasteiger partial charge is 0.233 e. The SMILES string of the molecule is CCC(Nc1nc(NCC2CCCCC2)nc(Nc2cc(F)c(OC)c(F)c2)n1)C1CCCN1. The molecule has 0 amide bonds. The first-order valence-electron chi connectivity index (χ1n) is 12.4. The Kier molecular flexibility index (Phi) is 8.31. The summed E-state index contributed by atoms with van der Waals surface area (Å²) in [7, 11) is 1.23. The molecule has 8 nitrogen and oxygen atoms in total. The Labute approximate surface area is 199 Å². The van der Waals surface area contributed by atoms with Gasteiger partial charge in [-0.2, -0.15) is 15.0 Å². The first-order chi connectivity index (χ1) is 16.6. The molecule has 2 aromatic rings. The van der Waals surface area contributed by atoms with Gasteiger partial charge in [0.25, 0.3) is 0 Å². The zero-order valence-electron chi connectivity index (χ0n) is 20.0. The van der Waals surface area contributed by atoms with E-state index in [1.807, 2.05) is 0 Å². The number of nitrogens with one attached hydrogen (secondary N) is 4. The van der Waals surface area contributed by atoms with Crippen molar-refractivity contribution in [3.63, 3.8) is 0 Å². The number of rotatable bonds is 10. The highest BCUT2D eigenvalue weighted by atomic mass is 19.1. The predicted molar refractivity (Wildman–Crippen MR) is 130 cm³/mol. The lowest BCUT2D eigenvalue weighted by molar-refractivity contribution is 0.360. The fourth-order valence-electron chi connectivity index (χ4n) is 4.87. The minimum Gasteiger partial charge on any atom is -0.491 e. The molecule has 1 saturated heterocycles. The number of benzene rings is 1. The van der Waals surface area contributed by atoms with Crippen LogP contribution in [0.1, 0.15) is 58.3 Å². The molecule has 2 unspecified atom stereocenters. The molecule has 34 heavy (non-hydrogen) atoms. The third-order valence-corrected chi connectivity index (χ3v) is 6.71. The van der Waals surface area contributed by atoms with Gasteiger partial charge < -0.3 is 26.0 Å². The third kappa shape index (κ3) is 6.22. The lowest BCUT2D eigenvalue weighted by Gasteiger charge is -2.24. The monoisotopic (exact) mass is 475 g/mol. The summed E-state index contributed by atoms with van der Waals surface area (Å²) >= 11 is 0. The maximum atomic E-state index is 14.2. The third-order valence-electron chi connectivity index (χ3n) is 6.71. The first-order valence-corrected chi connectivity index (χ1v) is 12.4. The van der Waals surface area contributed by atoms with Crippen molar-refractivity contribution in [3.05, 3.63) is 23.8 Å². The van der Waals surface area contributed by atoms with Gasteiger partial charge in [0.15, 0.2) is 17.4 Å². The number of ether oxygens (including phenoxy) is 1. The van der Waals surface area contributed by atoms with E-state index < -0.39 is 17.4 Å². The largest absolute Gasteiger partial charge is 0.491 e. The molecule has 1 aliphatic heterocycles. The van der Waals surface area contributed by atoms with E-state index in [4.69, 9.17) is 4.74 Å². The summed E-state index contributed by atoms with van der Waals surface area (Å²) < 4.78 is 33.2. The number of hydrogen-bond acceptors (Lipinski definition) is 8. The van der Waals surface area contributed by atoms with Crippen molar-refractivity contribution in [2.24, 2.45) is 5.92 Å². The Morgan fingerprint density at radius 3 is 2.35 bits per heavy atom. The Balaban J connectivity index is 1.55. The van der Waals surface area contributed by atoms with Crippen molar-refractivity contribution in [2.75, 3.05) is 36.1 Å². The molecule has 2 atom stereocenters. The van der Waals surface area contributed by atoms with Gasteiger partial charge in [-0.15, -0.1) is 0 Å². The Bertz CT molecular complexity index is 926. The lowest BCUT2D eigenvalue weighted by atomic mass is 9.89. The molecule has 1 aliphatic carbocycles. The number of halogens is 2. The van der Waals surface area contributed by atoms with Gasteiger partial charge in [0.1, 0.15) is 0 Å². The van der Waals surface area contributed by atoms with Crippen LogP contribution in [0.2, 0.25) is 0 Å². The summed E-state index contributed by atoms with van der Waals surface area (Å²) in [5.41, 5.74) is 0.190. The molecule has 2 aliphatic rings. The molecule has 4 N–H and O–H groups in total. The Hall–Kier alpha value is -2.75. The lowest BCUT2D eigenvalue weighted by Crippen LogP contribution is -2.40. The minimum atomic E-state index is -0.800. The summed E-state index contributed by atoms with van der Waals surface area (Å²) in [5.74, 6) is -0.352. The number of methoxy groups -OCH3 is 1. The second-order valence-corrected chi connectivity index (χ2v) is 9.15. The van der Waals surface area contributed by atoms with Crippen molar-refractivity contribution in [2.45, 2.75) is 70.4 Å². The maximum Gasteiger partial charge on any atom is 0.233 e. The Morgan fingerprint density at radius 1 is 1.00 bits per heavy atom. The van der Waals surface area contributed by atoms with Gasteiger partial charge in [0, 0.05) is 36.4 Å². The average Bonchev–Trinajstić information content (AvgIpc) is 3.36. The van der Waals surface area contributed by atoms with Crippen molar-refractivity contribution >= 4 is 23.5 Å². The minimum absolute atomic E-state index is 0.166. The molecular weight excluding hydrogens is 440 g/mol. The number of hydrogen-bond donors (Lipinski definition) is 4. The molecule has 2 heterocycles. The van der Waals surface area contributed by atoms with Gasteiger partial charge >= 0.3 is 0 Å². The first kappa shape index (κ1) is 24.4. The standard InChI is InChI=1S/C24H35F2N7O/c1-3-19(20-10-7-11-27-20)30-24-32-22(28-14-15-8-5-4-6-9-15)31-23(33-24)29-16-12-17(25)21(34-2)18(26)13-16/h12-13,15,19-20,27H,3-11,14H2,1-2H3,(H3,28,29,30,31,32,33). The normalized spacial score (nSPS) is 19.6. The van der Waals surface area contributed by atoms with Crippen LogP contribution >= 0.6 is 0 Å². The van der Waals surface area contributed by atoms with Gasteiger partial charge in [-0.05, 0) is 44.6 Å². The highest BCUT2D eigenvalue weighted by Crippen LogP contribution is 2.28. The molecule has 186 valence electrons. The van der Waals surface area contributed by atoms with Gasteiger partial charge in [-0.3, -0.25) is 0 Å². The molecule has 2 fully saturated rings. The summed E-state index contributed by atoms with van der Waals surface area (Å²) in [6.07, 6.45) is 9.36. The van der Waals surface area contributed by atoms with Crippen LogP contribution in [0.4, 0.5) is 32.3 Å². The van der Waals surface area contributed by atoms with Crippen LogP contribution in [-0.4, -0.2) is 47.2 Å². The van der Waals surface area contributed by atoms with E-state index >= 15 is 0 Å². The average molecular weight is 476 g/mol. The molecule has 1 aromatic heterocycles. The van der Waals surface area contributed by atoms with Crippen LogP contribution in [0.25, 0.3) is 0 Å². The molecule has 1 aromatic carbocycles. The summed E-state index contributed by atoms with van der Waals surface area (Å²) in [6.45, 7) is 3.93. The summed E-state index contributed by atoms with van der Waals surface area (Å²) in [6, 6.07) is 2.83. The molecule has 4 rings (SSSR count). The van der Waals surface area contributed by atoms with Crippen LogP contribution in [0.5, 0.6) is 5.75 Å². The molecule has 0 bridgehead atoms. The highest BCUT2D eigenvalue weighted by Gasteiger charge is 2.24. The van der Waals surface area contributed by atoms with Crippen LogP contribution in [0.15, 0.2) is 12.1 Å². The van der Waals surface area contributed by atoms with E-state index in [0.717, 1.165) is 44.5 Å². The van der Waals surface area contributed by atoms with Crippen LogP contribution in [0, 0.1) is 17.6 Å². The number of anilines is 4. The van der Waals surface area contributed by atoms with Crippen molar-refractivity contribution in [3.8, 4) is 5.75 Å². The van der Waals surface area contributed by atoms with Crippen molar-refractivity contribution < 1.29 is 13.5 Å². The molecular formula is C24H35F2N7O. The van der Waals surface area contributed by atoms with E-state index in [9.17, 15) is 8.78 Å². The zero-order chi connectivity index (χ0) is 23.9. The quantitative estimate of drug-likeness (QED) is 0.388. The van der Waals surface area contributed by atoms with Crippen LogP contribution in [-0.2, 0) is 0 Å². The molecule has 10 heteroatoms. The topological polar surface area (TPSA) is 96.0 Å². The van der Waals surface area contributed by atoms with E-state index in [1.54, 1.807) is 0 Å². The van der Waals surface area contributed by atoms with Gasteiger partial charge in [-0.25, -0.2) is 8.78 Å². The summed E-state index contributed by atoms with van der Waals surface area (Å²) in [4.78, 5) is 13.6. The van der Waals surface area contributed by atoms with Crippen molar-refractivity contribution in [1.82, 2.24) is 20.3 Å². The van der Waals surface area contributed by atoms with Crippen LogP contribution in [0.3, 0.4) is 0 Å². The number of aromatic nitrogens is 3.